The van der Waals surface area contributed by atoms with Crippen LogP contribution in [-0.4, -0.2) is 35.7 Å². The lowest BCUT2D eigenvalue weighted by molar-refractivity contribution is 0.161. The van der Waals surface area contributed by atoms with E-state index in [-0.39, 0.29) is 6.09 Å². The summed E-state index contributed by atoms with van der Waals surface area (Å²) in [4.78, 5) is 18.9. The maximum absolute atomic E-state index is 12.5. The van der Waals surface area contributed by atoms with Gasteiger partial charge in [0.15, 0.2) is 0 Å². The molecule has 0 N–H and O–H groups in total. The van der Waals surface area contributed by atoms with Crippen LogP contribution in [0.15, 0.2) is 89.3 Å². The van der Waals surface area contributed by atoms with Crippen LogP contribution in [0.4, 0.5) is 4.79 Å². The van der Waals surface area contributed by atoms with Crippen LogP contribution in [0.25, 0.3) is 11.5 Å². The normalized spacial score (nSPS) is 15.1. The monoisotopic (exact) mass is 482 g/mol. The minimum Gasteiger partial charge on any atom is -0.493 e. The number of carbonyl (C=O) groups is 1. The Morgan fingerprint density at radius 3 is 2.56 bits per heavy atom. The first-order valence-electron chi connectivity index (χ1n) is 12.4. The lowest BCUT2D eigenvalue weighted by atomic mass is 9.98. The van der Waals surface area contributed by atoms with Crippen molar-refractivity contribution < 1.29 is 18.7 Å². The predicted octanol–water partition coefficient (Wildman–Crippen LogP) is 6.33. The van der Waals surface area contributed by atoms with Crippen molar-refractivity contribution >= 4 is 6.09 Å². The van der Waals surface area contributed by atoms with E-state index in [1.807, 2.05) is 67.6 Å². The molecular weight excluding hydrogens is 452 g/mol. The van der Waals surface area contributed by atoms with Gasteiger partial charge in [-0.05, 0) is 67.6 Å². The van der Waals surface area contributed by atoms with Crippen LogP contribution in [0.5, 0.6) is 11.5 Å². The van der Waals surface area contributed by atoms with E-state index in [4.69, 9.17) is 13.9 Å². The van der Waals surface area contributed by atoms with Gasteiger partial charge in [0.1, 0.15) is 17.3 Å². The third-order valence-electron chi connectivity index (χ3n) is 6.44. The molecule has 0 saturated carbocycles. The van der Waals surface area contributed by atoms with Crippen LogP contribution in [-0.2, 0) is 12.8 Å². The summed E-state index contributed by atoms with van der Waals surface area (Å²) < 4.78 is 17.4. The number of amides is 1. The van der Waals surface area contributed by atoms with Gasteiger partial charge >= 0.3 is 6.09 Å². The number of nitrogens with zero attached hydrogens (tertiary/aromatic N) is 2. The summed E-state index contributed by atoms with van der Waals surface area (Å²) in [7, 11) is 0. The molecule has 5 rings (SSSR count). The van der Waals surface area contributed by atoms with E-state index in [1.54, 1.807) is 17.0 Å². The number of aromatic nitrogens is 1. The Morgan fingerprint density at radius 2 is 1.75 bits per heavy atom. The lowest BCUT2D eigenvalue weighted by Gasteiger charge is -2.16. The Balaban J connectivity index is 1.11. The van der Waals surface area contributed by atoms with Crippen molar-refractivity contribution in [3.63, 3.8) is 0 Å². The number of benzene rings is 3. The molecule has 4 aromatic rings. The van der Waals surface area contributed by atoms with Crippen LogP contribution in [0.1, 0.15) is 23.4 Å². The number of likely N-dealkylation sites (tertiary alicyclic amines) is 1. The molecule has 1 aliphatic rings. The van der Waals surface area contributed by atoms with Crippen molar-refractivity contribution in [1.29, 1.82) is 0 Å². The van der Waals surface area contributed by atoms with Gasteiger partial charge in [-0.25, -0.2) is 9.78 Å². The number of carbonyl (C=O) groups excluding carboxylic acids is 1. The molecule has 6 heteroatoms. The Labute approximate surface area is 211 Å². The van der Waals surface area contributed by atoms with Crippen molar-refractivity contribution in [3.05, 3.63) is 102 Å². The molecule has 1 fully saturated rings. The fourth-order valence-corrected chi connectivity index (χ4v) is 4.54. The second kappa shape index (κ2) is 11.1. The average Bonchev–Trinajstić information content (AvgIpc) is 3.52. The summed E-state index contributed by atoms with van der Waals surface area (Å²) in [6.45, 7) is 3.88. The maximum atomic E-state index is 12.5. The highest BCUT2D eigenvalue weighted by Gasteiger charge is 2.27. The van der Waals surface area contributed by atoms with Crippen molar-refractivity contribution in [2.45, 2.75) is 26.2 Å². The molecule has 1 saturated heterocycles. The smallest absolute Gasteiger partial charge is 0.415 e. The summed E-state index contributed by atoms with van der Waals surface area (Å²) in [5.74, 6) is 3.28. The highest BCUT2D eigenvalue weighted by atomic mass is 16.6. The Hall–Kier alpha value is -4.06. The van der Waals surface area contributed by atoms with Gasteiger partial charge in [0.05, 0.1) is 12.3 Å². The van der Waals surface area contributed by atoms with E-state index >= 15 is 0 Å². The minimum absolute atomic E-state index is 0.278. The van der Waals surface area contributed by atoms with Crippen molar-refractivity contribution in [2.75, 3.05) is 19.7 Å². The third kappa shape index (κ3) is 5.95. The van der Waals surface area contributed by atoms with Gasteiger partial charge in [-0.3, -0.25) is 0 Å². The van der Waals surface area contributed by atoms with Crippen LogP contribution in [0.2, 0.25) is 0 Å². The largest absolute Gasteiger partial charge is 0.493 e. The van der Waals surface area contributed by atoms with E-state index in [0.717, 1.165) is 35.6 Å². The summed E-state index contributed by atoms with van der Waals surface area (Å²) in [5, 5.41) is 0. The van der Waals surface area contributed by atoms with Crippen LogP contribution < -0.4 is 9.47 Å². The number of para-hydroxylation sites is 1. The summed E-state index contributed by atoms with van der Waals surface area (Å²) in [6.07, 6.45) is 2.26. The first-order chi connectivity index (χ1) is 17.6. The number of hydrogen-bond donors (Lipinski definition) is 0. The molecule has 1 amide bonds. The van der Waals surface area contributed by atoms with E-state index in [1.165, 1.54) is 5.56 Å². The number of oxazole rings is 1. The van der Waals surface area contributed by atoms with Crippen molar-refractivity contribution in [3.8, 4) is 23.0 Å². The molecule has 2 heterocycles. The van der Waals surface area contributed by atoms with Crippen LogP contribution in [0.3, 0.4) is 0 Å². The van der Waals surface area contributed by atoms with Crippen molar-refractivity contribution in [1.82, 2.24) is 9.88 Å². The molecule has 6 nitrogen and oxygen atoms in total. The standard InChI is InChI=1S/C30H30N2O4/c1-22-28(31-29(35-22)25-10-4-2-5-11-25)16-18-34-27-14-8-9-23(20-27)19-24-15-17-32(21-24)30(33)36-26-12-6-3-7-13-26/h2-14,20,24H,15-19,21H2,1H3/t24-/m0/s1. The zero-order valence-corrected chi connectivity index (χ0v) is 20.4. The zero-order chi connectivity index (χ0) is 24.7. The highest BCUT2D eigenvalue weighted by Crippen LogP contribution is 2.25. The molecule has 0 bridgehead atoms. The molecule has 0 radical (unpaired) electrons. The van der Waals surface area contributed by atoms with E-state index in [2.05, 4.69) is 17.1 Å². The molecule has 36 heavy (non-hydrogen) atoms. The van der Waals surface area contributed by atoms with Gasteiger partial charge < -0.3 is 18.8 Å². The molecule has 0 spiro atoms. The molecule has 0 unspecified atom stereocenters. The summed E-state index contributed by atoms with van der Waals surface area (Å²) >= 11 is 0. The Kier molecular flexibility index (Phi) is 7.31. The number of hydrogen-bond acceptors (Lipinski definition) is 5. The van der Waals surface area contributed by atoms with Crippen molar-refractivity contribution in [2.24, 2.45) is 5.92 Å². The molecule has 1 aliphatic heterocycles. The maximum Gasteiger partial charge on any atom is 0.415 e. The average molecular weight is 483 g/mol. The van der Waals surface area contributed by atoms with Gasteiger partial charge in [-0.2, -0.15) is 0 Å². The number of aryl methyl sites for hydroxylation is 1. The molecule has 1 atom stereocenters. The van der Waals surface area contributed by atoms with Gasteiger partial charge in [-0.1, -0.05) is 48.5 Å². The Bertz CT molecular complexity index is 1290. The lowest BCUT2D eigenvalue weighted by Crippen LogP contribution is -2.31. The first kappa shape index (κ1) is 23.7. The van der Waals surface area contributed by atoms with Gasteiger partial charge in [-0.15, -0.1) is 0 Å². The molecule has 1 aromatic heterocycles. The summed E-state index contributed by atoms with van der Waals surface area (Å²) in [5.41, 5.74) is 3.09. The second-order valence-corrected chi connectivity index (χ2v) is 9.12. The fourth-order valence-electron chi connectivity index (χ4n) is 4.54. The first-order valence-corrected chi connectivity index (χ1v) is 12.4. The molecule has 3 aromatic carbocycles. The van der Waals surface area contributed by atoms with E-state index in [0.29, 0.717) is 43.7 Å². The molecule has 184 valence electrons. The summed E-state index contributed by atoms with van der Waals surface area (Å²) in [6, 6.07) is 27.3. The highest BCUT2D eigenvalue weighted by molar-refractivity contribution is 5.71. The minimum atomic E-state index is -0.278. The topological polar surface area (TPSA) is 64.8 Å². The van der Waals surface area contributed by atoms with Crippen LogP contribution >= 0.6 is 0 Å². The van der Waals surface area contributed by atoms with Crippen LogP contribution in [0, 0.1) is 12.8 Å². The van der Waals surface area contributed by atoms with Gasteiger partial charge in [0.25, 0.3) is 0 Å². The quantitative estimate of drug-likeness (QED) is 0.293. The Morgan fingerprint density at radius 1 is 1.00 bits per heavy atom. The molecular formula is C30H30N2O4. The number of ether oxygens (including phenoxy) is 2. The number of rotatable bonds is 8. The second-order valence-electron chi connectivity index (χ2n) is 9.12. The molecule has 0 aliphatic carbocycles. The van der Waals surface area contributed by atoms with E-state index in [9.17, 15) is 4.79 Å². The van der Waals surface area contributed by atoms with Gasteiger partial charge in [0, 0.05) is 25.1 Å². The SMILES string of the molecule is Cc1oc(-c2ccccc2)nc1CCOc1cccc(C[C@@H]2CCN(C(=O)Oc3ccccc3)C2)c1. The zero-order valence-electron chi connectivity index (χ0n) is 20.4. The van der Waals surface area contributed by atoms with E-state index < -0.39 is 0 Å². The predicted molar refractivity (Wildman–Crippen MR) is 138 cm³/mol. The fraction of sp³-hybridized carbons (Fsp3) is 0.267. The van der Waals surface area contributed by atoms with Gasteiger partial charge in [0.2, 0.25) is 5.89 Å². The third-order valence-corrected chi connectivity index (χ3v) is 6.44.